The van der Waals surface area contributed by atoms with E-state index in [2.05, 4.69) is 88.0 Å². The highest BCUT2D eigenvalue weighted by Crippen LogP contribution is 2.59. The number of rotatable bonds is 0. The standard InChI is InChI=1S/C24H4O6S2.C20H4Br4S2/c25-21-5-1-9-15-16-10(31-9)3-7-14-8(24(28)30-23(7)27)4-12-18(20(14)16)17-11(32-12)2-6(22(26)29-21)13(5)19(15)17;21-5-1-9-15-16-10(25-9)3-7(23)14-8(24)4-12-18(20(14)16)17-11(26-12)2-6(22)13(5)19(15)17/h1-4H;1-4H. The molecule has 6 heterocycles. The fourth-order valence-corrected chi connectivity index (χ4v) is 18.8. The van der Waals surface area contributed by atoms with E-state index in [0.717, 1.165) is 69.0 Å². The van der Waals surface area contributed by atoms with Crippen molar-refractivity contribution in [3.8, 4) is 0 Å². The summed E-state index contributed by atoms with van der Waals surface area (Å²) in [6, 6.07) is 16.2. The van der Waals surface area contributed by atoms with E-state index in [1.807, 2.05) is 22.7 Å². The lowest BCUT2D eigenvalue weighted by atomic mass is 9.86. The molecule has 0 N–H and O–H groups in total. The SMILES string of the molecule is Brc1cc2sc3cc(Br)c4c(Br)cc5sc6cc(Br)c1c1c2c3c4c5c61.O=c1oc(=O)c2cc3sc4cc5c(=O)oc(=O)c6cc7sc8cc1c2c1c8c7c(c65)c4c31. The van der Waals surface area contributed by atoms with E-state index in [9.17, 15) is 19.2 Å². The van der Waals surface area contributed by atoms with E-state index < -0.39 is 22.5 Å². The molecule has 0 radical (unpaired) electrons. The van der Waals surface area contributed by atoms with Crippen LogP contribution in [0.25, 0.3) is 145 Å². The summed E-state index contributed by atoms with van der Waals surface area (Å²) in [7, 11) is 0. The van der Waals surface area contributed by atoms with Crippen LogP contribution in [0.1, 0.15) is 0 Å². The van der Waals surface area contributed by atoms with Gasteiger partial charge in [-0.2, -0.15) is 0 Å². The molecule has 272 valence electrons. The summed E-state index contributed by atoms with van der Waals surface area (Å²) in [5.74, 6) is 0. The largest absolute Gasteiger partial charge is 0.386 e. The zero-order chi connectivity index (χ0) is 38.7. The Kier molecular flexibility index (Phi) is 5.77. The Morgan fingerprint density at radius 2 is 0.483 bits per heavy atom. The maximum absolute atomic E-state index is 12.6. The van der Waals surface area contributed by atoms with Crippen molar-refractivity contribution in [2.24, 2.45) is 0 Å². The molecule has 10 aromatic carbocycles. The number of hydrogen-bond donors (Lipinski definition) is 0. The molecule has 0 fully saturated rings. The average Bonchev–Trinajstić information content (AvgIpc) is 3.95. The summed E-state index contributed by atoms with van der Waals surface area (Å²) in [6.07, 6.45) is 0. The van der Waals surface area contributed by atoms with Gasteiger partial charge < -0.3 is 8.83 Å². The molecule has 0 saturated heterocycles. The highest BCUT2D eigenvalue weighted by Gasteiger charge is 2.30. The van der Waals surface area contributed by atoms with Gasteiger partial charge in [0, 0.05) is 142 Å². The first-order valence-electron chi connectivity index (χ1n) is 17.6. The maximum atomic E-state index is 12.6. The third-order valence-electron chi connectivity index (χ3n) is 12.3. The Balaban J connectivity index is 0.000000114. The summed E-state index contributed by atoms with van der Waals surface area (Å²) < 4.78 is 23.6. The van der Waals surface area contributed by atoms with E-state index in [1.54, 1.807) is 24.3 Å². The van der Waals surface area contributed by atoms with Gasteiger partial charge in [0.2, 0.25) is 0 Å². The van der Waals surface area contributed by atoms with Crippen LogP contribution in [-0.2, 0) is 0 Å². The summed E-state index contributed by atoms with van der Waals surface area (Å²) in [5.41, 5.74) is -2.59. The minimum Gasteiger partial charge on any atom is -0.386 e. The Hall–Kier alpha value is -4.12. The smallest absolute Gasteiger partial charge is 0.346 e. The van der Waals surface area contributed by atoms with E-state index in [-0.39, 0.29) is 0 Å². The first-order valence-corrected chi connectivity index (χ1v) is 24.1. The number of thiophene rings is 4. The molecule has 0 bridgehead atoms. The minimum atomic E-state index is -0.647. The summed E-state index contributed by atoms with van der Waals surface area (Å²) in [5, 5.41) is 19.4. The van der Waals surface area contributed by atoms with Crippen molar-refractivity contribution in [3.63, 3.8) is 0 Å². The summed E-state index contributed by atoms with van der Waals surface area (Å²) in [4.78, 5) is 50.6. The molecule has 0 saturated carbocycles. The van der Waals surface area contributed by atoms with Crippen molar-refractivity contribution in [3.05, 3.63) is 108 Å². The molecule has 0 atom stereocenters. The maximum Gasteiger partial charge on any atom is 0.346 e. The van der Waals surface area contributed by atoms with Crippen molar-refractivity contribution in [2.45, 2.75) is 0 Å². The molecular formula is C44H8Br4O6S4. The van der Waals surface area contributed by atoms with Crippen molar-refractivity contribution in [2.75, 3.05) is 0 Å². The third-order valence-corrected chi connectivity index (χ3v) is 19.1. The Bertz CT molecular complexity index is 4190. The van der Waals surface area contributed by atoms with Gasteiger partial charge in [-0.15, -0.1) is 45.3 Å². The third kappa shape index (κ3) is 3.50. The van der Waals surface area contributed by atoms with Crippen LogP contribution < -0.4 is 22.5 Å². The van der Waals surface area contributed by atoms with Crippen LogP contribution in [0.15, 0.2) is 94.4 Å². The van der Waals surface area contributed by atoms with Crippen molar-refractivity contribution >= 4 is 254 Å². The van der Waals surface area contributed by atoms with Crippen molar-refractivity contribution < 1.29 is 8.83 Å². The summed E-state index contributed by atoms with van der Waals surface area (Å²) in [6.45, 7) is 0. The Morgan fingerprint density at radius 1 is 0.276 bits per heavy atom. The molecule has 0 aliphatic rings. The van der Waals surface area contributed by atoms with Crippen molar-refractivity contribution in [1.29, 1.82) is 0 Å². The molecule has 14 heteroatoms. The van der Waals surface area contributed by atoms with Crippen LogP contribution in [0.4, 0.5) is 0 Å². The average molecular weight is 1080 g/mol. The quantitative estimate of drug-likeness (QED) is 0.111. The Morgan fingerprint density at radius 3 is 0.724 bits per heavy atom. The monoisotopic (exact) mass is 1080 g/mol. The first-order chi connectivity index (χ1) is 28.0. The second-order valence-electron chi connectivity index (χ2n) is 14.9. The molecular weight excluding hydrogens is 1070 g/mol. The van der Waals surface area contributed by atoms with Gasteiger partial charge in [0.15, 0.2) is 0 Å². The predicted molar refractivity (Wildman–Crippen MR) is 259 cm³/mol. The van der Waals surface area contributed by atoms with Crippen LogP contribution in [-0.4, -0.2) is 0 Å². The molecule has 0 aliphatic heterocycles. The predicted octanol–water partition coefficient (Wildman–Crippen LogP) is 14.9. The molecule has 16 aromatic rings. The molecule has 16 rings (SSSR count). The highest BCUT2D eigenvalue weighted by molar-refractivity contribution is 9.11. The molecule has 6 nitrogen and oxygen atoms in total. The lowest BCUT2D eigenvalue weighted by Crippen LogP contribution is -2.13. The molecule has 0 unspecified atom stereocenters. The molecule has 0 amide bonds. The van der Waals surface area contributed by atoms with Gasteiger partial charge in [0.25, 0.3) is 0 Å². The van der Waals surface area contributed by atoms with Crippen molar-refractivity contribution in [1.82, 2.24) is 0 Å². The van der Waals surface area contributed by atoms with Crippen LogP contribution in [0, 0.1) is 0 Å². The zero-order valence-corrected chi connectivity index (χ0v) is 37.8. The van der Waals surface area contributed by atoms with Gasteiger partial charge >= 0.3 is 22.5 Å². The molecule has 0 aliphatic carbocycles. The van der Waals surface area contributed by atoms with E-state index >= 15 is 0 Å². The lowest BCUT2D eigenvalue weighted by molar-refractivity contribution is 0.488. The van der Waals surface area contributed by atoms with Gasteiger partial charge in [-0.25, -0.2) is 19.2 Å². The van der Waals surface area contributed by atoms with E-state index in [0.29, 0.717) is 32.3 Å². The topological polar surface area (TPSA) is 94.6 Å². The number of hydrogen-bond acceptors (Lipinski definition) is 10. The first kappa shape index (κ1) is 32.7. The zero-order valence-electron chi connectivity index (χ0n) is 28.2. The fourth-order valence-electron chi connectivity index (χ4n) is 10.3. The van der Waals surface area contributed by atoms with E-state index in [4.69, 9.17) is 8.83 Å². The number of benzene rings is 10. The normalized spacial score (nSPS) is 13.4. The molecule has 0 spiro atoms. The molecule has 58 heavy (non-hydrogen) atoms. The van der Waals surface area contributed by atoms with Gasteiger partial charge in [-0.3, -0.25) is 0 Å². The highest BCUT2D eigenvalue weighted by atomic mass is 79.9. The van der Waals surface area contributed by atoms with Crippen LogP contribution in [0.5, 0.6) is 0 Å². The van der Waals surface area contributed by atoms with Gasteiger partial charge in [0.05, 0.1) is 21.5 Å². The van der Waals surface area contributed by atoms with Crippen LogP contribution in [0.2, 0.25) is 0 Å². The van der Waals surface area contributed by atoms with Crippen LogP contribution >= 0.6 is 109 Å². The molecule has 6 aromatic heterocycles. The fraction of sp³-hybridized carbons (Fsp3) is 0. The minimum absolute atomic E-state index is 0.380. The lowest BCUT2D eigenvalue weighted by Gasteiger charge is -2.15. The second kappa shape index (κ2) is 10.2. The van der Waals surface area contributed by atoms with Gasteiger partial charge in [-0.1, -0.05) is 63.7 Å². The Labute approximate surface area is 367 Å². The summed E-state index contributed by atoms with van der Waals surface area (Å²) >= 11 is 22.1. The second-order valence-corrected chi connectivity index (χ2v) is 22.6. The van der Waals surface area contributed by atoms with Crippen LogP contribution in [0.3, 0.4) is 0 Å². The van der Waals surface area contributed by atoms with Gasteiger partial charge in [-0.05, 0) is 48.5 Å². The van der Waals surface area contributed by atoms with E-state index in [1.165, 1.54) is 84.6 Å². The number of halogens is 4. The van der Waals surface area contributed by atoms with Gasteiger partial charge in [0.1, 0.15) is 0 Å².